The summed E-state index contributed by atoms with van der Waals surface area (Å²) < 4.78 is 32.6. The van der Waals surface area contributed by atoms with Crippen LogP contribution in [-0.2, 0) is 14.6 Å². The first-order valence-corrected chi connectivity index (χ1v) is 6.63. The van der Waals surface area contributed by atoms with E-state index in [-0.39, 0.29) is 11.5 Å². The number of hydrogen-bond acceptors (Lipinski definition) is 5. The molecule has 1 heterocycles. The van der Waals surface area contributed by atoms with Gasteiger partial charge in [-0.05, 0) is 18.6 Å². The van der Waals surface area contributed by atoms with Crippen LogP contribution in [0.15, 0.2) is 22.8 Å². The minimum Gasteiger partial charge on any atom is -0.461 e. The summed E-state index contributed by atoms with van der Waals surface area (Å²) in [6.45, 7) is 0.369. The highest BCUT2D eigenvalue weighted by Crippen LogP contribution is 2.05. The number of ketones is 1. The van der Waals surface area contributed by atoms with Crippen molar-refractivity contribution in [2.45, 2.75) is 6.42 Å². The molecule has 0 atom stereocenters. The van der Waals surface area contributed by atoms with Gasteiger partial charge in [0.2, 0.25) is 5.78 Å². The normalized spacial score (nSPS) is 11.6. The summed E-state index contributed by atoms with van der Waals surface area (Å²) in [6.07, 6.45) is 1.73. The molecule has 0 amide bonds. The van der Waals surface area contributed by atoms with Crippen molar-refractivity contribution >= 4 is 15.6 Å². The third-order valence-corrected chi connectivity index (χ3v) is 3.56. The zero-order chi connectivity index (χ0) is 12.0. The molecule has 0 saturated heterocycles. The number of furan rings is 1. The lowest BCUT2D eigenvalue weighted by atomic mass is 10.3. The zero-order valence-electron chi connectivity index (χ0n) is 9.01. The molecule has 0 aromatic carbocycles. The Morgan fingerprint density at radius 3 is 2.81 bits per heavy atom. The first-order valence-electron chi connectivity index (χ1n) is 4.81. The molecule has 0 fully saturated rings. The van der Waals surface area contributed by atoms with E-state index in [9.17, 15) is 13.2 Å². The standard InChI is InChI=1S/C10H14O5S/c1-14-5-3-7-16(12,13)8-9(11)10-4-2-6-15-10/h2,4,6H,3,5,7-8H2,1H3. The van der Waals surface area contributed by atoms with Crippen LogP contribution in [0.5, 0.6) is 0 Å². The number of hydrogen-bond donors (Lipinski definition) is 0. The van der Waals surface area contributed by atoms with Crippen molar-refractivity contribution in [1.82, 2.24) is 0 Å². The molecule has 0 unspecified atom stereocenters. The molecule has 5 nitrogen and oxygen atoms in total. The highest BCUT2D eigenvalue weighted by atomic mass is 32.2. The molecule has 0 saturated carbocycles. The quantitative estimate of drug-likeness (QED) is 0.528. The van der Waals surface area contributed by atoms with E-state index < -0.39 is 21.4 Å². The molecule has 1 aromatic rings. The number of methoxy groups -OCH3 is 1. The van der Waals surface area contributed by atoms with E-state index in [0.717, 1.165) is 0 Å². The van der Waals surface area contributed by atoms with Gasteiger partial charge in [0.05, 0.1) is 12.0 Å². The molecule has 90 valence electrons. The van der Waals surface area contributed by atoms with Gasteiger partial charge in [-0.15, -0.1) is 0 Å². The van der Waals surface area contributed by atoms with Crippen LogP contribution in [-0.4, -0.2) is 39.4 Å². The fraction of sp³-hybridized carbons (Fsp3) is 0.500. The molecule has 1 aromatic heterocycles. The Bertz CT molecular complexity index is 418. The summed E-state index contributed by atoms with van der Waals surface area (Å²) in [5.74, 6) is -0.991. The van der Waals surface area contributed by atoms with Gasteiger partial charge < -0.3 is 9.15 Å². The SMILES string of the molecule is COCCCS(=O)(=O)CC(=O)c1ccco1. The van der Waals surface area contributed by atoms with E-state index in [1.54, 1.807) is 6.07 Å². The van der Waals surface area contributed by atoms with E-state index in [1.165, 1.54) is 19.4 Å². The number of sulfone groups is 1. The van der Waals surface area contributed by atoms with Gasteiger partial charge in [0.25, 0.3) is 0 Å². The maximum Gasteiger partial charge on any atom is 0.212 e. The smallest absolute Gasteiger partial charge is 0.212 e. The van der Waals surface area contributed by atoms with Crippen LogP contribution in [0.3, 0.4) is 0 Å². The molecular formula is C10H14O5S. The summed E-state index contributed by atoms with van der Waals surface area (Å²) in [4.78, 5) is 11.4. The van der Waals surface area contributed by atoms with Gasteiger partial charge in [-0.2, -0.15) is 0 Å². The highest BCUT2D eigenvalue weighted by molar-refractivity contribution is 7.92. The monoisotopic (exact) mass is 246 g/mol. The van der Waals surface area contributed by atoms with Crippen molar-refractivity contribution in [3.05, 3.63) is 24.2 Å². The second kappa shape index (κ2) is 5.81. The molecule has 1 rings (SSSR count). The maximum absolute atomic E-state index is 11.5. The number of carbonyl (C=O) groups excluding carboxylic acids is 1. The Labute approximate surface area is 94.3 Å². The van der Waals surface area contributed by atoms with E-state index in [4.69, 9.17) is 9.15 Å². The molecule has 0 N–H and O–H groups in total. The summed E-state index contributed by atoms with van der Waals surface area (Å²) in [5, 5.41) is 0. The van der Waals surface area contributed by atoms with E-state index in [1.807, 2.05) is 0 Å². The average molecular weight is 246 g/mol. The number of ether oxygens (including phenoxy) is 1. The Morgan fingerprint density at radius 1 is 1.50 bits per heavy atom. The number of carbonyl (C=O) groups is 1. The Kier molecular flexibility index (Phi) is 4.70. The number of Topliss-reactive ketones (excluding diaryl/α,β-unsaturated/α-hetero) is 1. The van der Waals surface area contributed by atoms with Gasteiger partial charge in [-0.25, -0.2) is 8.42 Å². The van der Waals surface area contributed by atoms with Crippen molar-refractivity contribution in [3.8, 4) is 0 Å². The van der Waals surface area contributed by atoms with Crippen molar-refractivity contribution in [2.75, 3.05) is 25.2 Å². The predicted molar refractivity (Wildman–Crippen MR) is 58.2 cm³/mol. The summed E-state index contributed by atoms with van der Waals surface area (Å²) in [6, 6.07) is 3.00. The Hall–Kier alpha value is -1.14. The first kappa shape index (κ1) is 12.9. The maximum atomic E-state index is 11.5. The third-order valence-electron chi connectivity index (χ3n) is 1.95. The van der Waals surface area contributed by atoms with Gasteiger partial charge in [0.1, 0.15) is 5.75 Å². The summed E-state index contributed by atoms with van der Waals surface area (Å²) >= 11 is 0. The lowest BCUT2D eigenvalue weighted by Gasteiger charge is -2.01. The fourth-order valence-electron chi connectivity index (χ4n) is 1.20. The molecule has 0 spiro atoms. The fourth-order valence-corrected chi connectivity index (χ4v) is 2.45. The van der Waals surface area contributed by atoms with Gasteiger partial charge in [-0.1, -0.05) is 0 Å². The first-order chi connectivity index (χ1) is 7.55. The molecule has 0 aliphatic carbocycles. The van der Waals surface area contributed by atoms with Gasteiger partial charge in [-0.3, -0.25) is 4.79 Å². The van der Waals surface area contributed by atoms with Crippen LogP contribution in [0.2, 0.25) is 0 Å². The Morgan fingerprint density at radius 2 is 2.25 bits per heavy atom. The topological polar surface area (TPSA) is 73.6 Å². The second-order valence-electron chi connectivity index (χ2n) is 3.34. The molecule has 0 radical (unpaired) electrons. The van der Waals surface area contributed by atoms with Gasteiger partial charge >= 0.3 is 0 Å². The van der Waals surface area contributed by atoms with Crippen LogP contribution < -0.4 is 0 Å². The molecule has 6 heteroatoms. The van der Waals surface area contributed by atoms with Crippen molar-refractivity contribution in [1.29, 1.82) is 0 Å². The van der Waals surface area contributed by atoms with Crippen LogP contribution in [0.1, 0.15) is 17.0 Å². The number of rotatable bonds is 7. The summed E-state index contributed by atoms with van der Waals surface area (Å²) in [7, 11) is -1.87. The van der Waals surface area contributed by atoms with Gasteiger partial charge in [0, 0.05) is 13.7 Å². The Balaban J connectivity index is 2.50. The highest BCUT2D eigenvalue weighted by Gasteiger charge is 2.19. The van der Waals surface area contributed by atoms with E-state index in [2.05, 4.69) is 0 Å². The molecule has 0 aliphatic rings. The molecule has 0 bridgehead atoms. The van der Waals surface area contributed by atoms with Crippen molar-refractivity contribution in [2.24, 2.45) is 0 Å². The predicted octanol–water partition coefficient (Wildman–Crippen LogP) is 0.914. The van der Waals surface area contributed by atoms with Crippen LogP contribution in [0, 0.1) is 0 Å². The van der Waals surface area contributed by atoms with Crippen LogP contribution >= 0.6 is 0 Å². The average Bonchev–Trinajstić information content (AvgIpc) is 2.69. The van der Waals surface area contributed by atoms with Crippen LogP contribution in [0.25, 0.3) is 0 Å². The summed E-state index contributed by atoms with van der Waals surface area (Å²) in [5.41, 5.74) is 0. The van der Waals surface area contributed by atoms with Crippen molar-refractivity contribution < 1.29 is 22.4 Å². The van der Waals surface area contributed by atoms with E-state index >= 15 is 0 Å². The third kappa shape index (κ3) is 4.16. The lowest BCUT2D eigenvalue weighted by Crippen LogP contribution is -2.19. The van der Waals surface area contributed by atoms with Gasteiger partial charge in [0.15, 0.2) is 15.6 Å². The molecule has 16 heavy (non-hydrogen) atoms. The molecule has 0 aliphatic heterocycles. The lowest BCUT2D eigenvalue weighted by molar-refractivity contribution is 0.0990. The minimum absolute atomic E-state index is 0.0483. The zero-order valence-corrected chi connectivity index (χ0v) is 9.83. The van der Waals surface area contributed by atoms with Crippen LogP contribution in [0.4, 0.5) is 0 Å². The minimum atomic E-state index is -3.37. The molecular weight excluding hydrogens is 232 g/mol. The van der Waals surface area contributed by atoms with E-state index in [0.29, 0.717) is 13.0 Å². The largest absolute Gasteiger partial charge is 0.461 e. The van der Waals surface area contributed by atoms with Crippen molar-refractivity contribution in [3.63, 3.8) is 0 Å². The second-order valence-corrected chi connectivity index (χ2v) is 5.52.